The van der Waals surface area contributed by atoms with Gasteiger partial charge in [0.1, 0.15) is 5.60 Å². The Morgan fingerprint density at radius 2 is 1.63 bits per heavy atom. The van der Waals surface area contributed by atoms with E-state index < -0.39 is 36.9 Å². The highest BCUT2D eigenvalue weighted by atomic mass is 31.2. The number of rotatable bonds is 9. The highest BCUT2D eigenvalue weighted by Gasteiger charge is 2.33. The van der Waals surface area contributed by atoms with Crippen LogP contribution in [0.4, 0.5) is 10.5 Å². The number of hydrogen-bond acceptors (Lipinski definition) is 8. The molecule has 0 saturated heterocycles. The molecule has 168 valence electrons. The van der Waals surface area contributed by atoms with Gasteiger partial charge in [-0.15, -0.1) is 0 Å². The monoisotopic (exact) mass is 443 g/mol. The van der Waals surface area contributed by atoms with E-state index in [4.69, 9.17) is 14.0 Å². The van der Waals surface area contributed by atoms with Crippen molar-refractivity contribution >= 4 is 36.4 Å². The summed E-state index contributed by atoms with van der Waals surface area (Å²) in [6, 6.07) is 6.22. The van der Waals surface area contributed by atoms with E-state index in [1.54, 1.807) is 45.0 Å². The second kappa shape index (κ2) is 11.1. The van der Waals surface area contributed by atoms with E-state index in [-0.39, 0.29) is 19.0 Å². The predicted octanol–water partition coefficient (Wildman–Crippen LogP) is 3.33. The molecule has 0 aliphatic carbocycles. The summed E-state index contributed by atoms with van der Waals surface area (Å²) in [4.78, 5) is 35.4. The molecule has 0 aliphatic heterocycles. The Bertz CT molecular complexity index is 785. The molecule has 0 saturated carbocycles. The Hall–Kier alpha value is -2.38. The summed E-state index contributed by atoms with van der Waals surface area (Å²) in [5.41, 5.74) is -0.186. The van der Waals surface area contributed by atoms with Gasteiger partial charge in [0.05, 0.1) is 20.1 Å². The van der Waals surface area contributed by atoms with Crippen LogP contribution in [0, 0.1) is 5.92 Å². The standard InChI is InChI=1S/C20H30NO8P/c1-20(2,3)29-19(24)21-15-8-10-16(11-9-15)30(25,28-6)13-14(18(23)27-5)7-12-17(22)26-4/h8-11,14H,7,12-13H2,1-6H3,(H,21,24). The summed E-state index contributed by atoms with van der Waals surface area (Å²) in [6.45, 7) is 5.26. The zero-order valence-electron chi connectivity index (χ0n) is 18.2. The second-order valence-corrected chi connectivity index (χ2v) is 10.1. The largest absolute Gasteiger partial charge is 0.469 e. The first-order chi connectivity index (χ1) is 13.9. The lowest BCUT2D eigenvalue weighted by molar-refractivity contribution is -0.146. The van der Waals surface area contributed by atoms with Crippen LogP contribution in [0.5, 0.6) is 0 Å². The first-order valence-electron chi connectivity index (χ1n) is 9.34. The minimum Gasteiger partial charge on any atom is -0.469 e. The minimum atomic E-state index is -3.43. The van der Waals surface area contributed by atoms with Crippen molar-refractivity contribution < 1.29 is 37.7 Å². The molecule has 1 amide bonds. The molecule has 9 nitrogen and oxygen atoms in total. The van der Waals surface area contributed by atoms with Crippen LogP contribution in [0.2, 0.25) is 0 Å². The number of nitrogens with one attached hydrogen (secondary N) is 1. The lowest BCUT2D eigenvalue weighted by Gasteiger charge is -2.22. The predicted molar refractivity (Wildman–Crippen MR) is 112 cm³/mol. The number of benzene rings is 1. The average Bonchev–Trinajstić information content (AvgIpc) is 2.69. The van der Waals surface area contributed by atoms with Crippen LogP contribution in [0.1, 0.15) is 33.6 Å². The molecule has 10 heteroatoms. The topological polar surface area (TPSA) is 117 Å². The highest BCUT2D eigenvalue weighted by Crippen LogP contribution is 2.47. The molecule has 1 N–H and O–H groups in total. The van der Waals surface area contributed by atoms with Crippen molar-refractivity contribution in [1.29, 1.82) is 0 Å². The Labute approximate surface area is 176 Å². The fourth-order valence-electron chi connectivity index (χ4n) is 2.61. The summed E-state index contributed by atoms with van der Waals surface area (Å²) >= 11 is 0. The maximum atomic E-state index is 13.4. The van der Waals surface area contributed by atoms with E-state index in [0.717, 1.165) is 0 Å². The summed E-state index contributed by atoms with van der Waals surface area (Å²) in [7, 11) is 0.342. The van der Waals surface area contributed by atoms with Gasteiger partial charge in [0.2, 0.25) is 7.37 Å². The van der Waals surface area contributed by atoms with Gasteiger partial charge in [-0.1, -0.05) is 0 Å². The first kappa shape index (κ1) is 25.7. The number of carbonyl (C=O) groups excluding carboxylic acids is 3. The number of methoxy groups -OCH3 is 2. The molecule has 2 unspecified atom stereocenters. The maximum Gasteiger partial charge on any atom is 0.412 e. The Morgan fingerprint density at radius 1 is 1.03 bits per heavy atom. The third kappa shape index (κ3) is 8.16. The molecular weight excluding hydrogens is 413 g/mol. The molecule has 0 bridgehead atoms. The van der Waals surface area contributed by atoms with Crippen LogP contribution in [-0.4, -0.2) is 51.1 Å². The van der Waals surface area contributed by atoms with E-state index in [0.29, 0.717) is 11.0 Å². The maximum absolute atomic E-state index is 13.4. The first-order valence-corrected chi connectivity index (χ1v) is 11.1. The minimum absolute atomic E-state index is 0.0152. The van der Waals surface area contributed by atoms with Gasteiger partial charge in [-0.3, -0.25) is 19.5 Å². The summed E-state index contributed by atoms with van der Waals surface area (Å²) in [5.74, 6) is -1.87. The summed E-state index contributed by atoms with van der Waals surface area (Å²) in [6.07, 6.45) is -0.644. The van der Waals surface area contributed by atoms with Gasteiger partial charge in [-0.2, -0.15) is 0 Å². The third-order valence-corrected chi connectivity index (χ3v) is 6.72. The SMILES string of the molecule is COC(=O)CCC(CP(=O)(OC)c1ccc(NC(=O)OC(C)(C)C)cc1)C(=O)OC. The lowest BCUT2D eigenvalue weighted by Crippen LogP contribution is -2.27. The van der Waals surface area contributed by atoms with Crippen LogP contribution in [0.25, 0.3) is 0 Å². The van der Waals surface area contributed by atoms with Crippen molar-refractivity contribution in [2.24, 2.45) is 5.92 Å². The Morgan fingerprint density at radius 3 is 2.10 bits per heavy atom. The van der Waals surface area contributed by atoms with Crippen molar-refractivity contribution in [3.05, 3.63) is 24.3 Å². The van der Waals surface area contributed by atoms with Crippen molar-refractivity contribution in [2.45, 2.75) is 39.2 Å². The van der Waals surface area contributed by atoms with Gasteiger partial charge in [0.25, 0.3) is 0 Å². The van der Waals surface area contributed by atoms with Gasteiger partial charge in [0, 0.05) is 30.7 Å². The number of hydrogen-bond donors (Lipinski definition) is 1. The van der Waals surface area contributed by atoms with Gasteiger partial charge in [-0.05, 0) is 51.5 Å². The molecule has 1 aromatic carbocycles. The van der Waals surface area contributed by atoms with E-state index in [1.807, 2.05) is 0 Å². The van der Waals surface area contributed by atoms with Gasteiger partial charge >= 0.3 is 18.0 Å². The quantitative estimate of drug-likeness (QED) is 0.351. The van der Waals surface area contributed by atoms with Crippen LogP contribution in [0.3, 0.4) is 0 Å². The van der Waals surface area contributed by atoms with Crippen molar-refractivity contribution in [2.75, 3.05) is 32.8 Å². The Balaban J connectivity index is 2.96. The molecule has 0 spiro atoms. The molecule has 1 rings (SSSR count). The van der Waals surface area contributed by atoms with E-state index in [2.05, 4.69) is 10.1 Å². The van der Waals surface area contributed by atoms with Crippen molar-refractivity contribution in [1.82, 2.24) is 0 Å². The molecule has 0 heterocycles. The number of amides is 1. The van der Waals surface area contributed by atoms with E-state index in [9.17, 15) is 18.9 Å². The van der Waals surface area contributed by atoms with Crippen LogP contribution in [0.15, 0.2) is 24.3 Å². The number of anilines is 1. The molecule has 30 heavy (non-hydrogen) atoms. The van der Waals surface area contributed by atoms with E-state index >= 15 is 0 Å². The fourth-order valence-corrected chi connectivity index (χ4v) is 4.70. The Kier molecular flexibility index (Phi) is 9.52. The number of carbonyl (C=O) groups is 3. The zero-order chi connectivity index (χ0) is 22.9. The average molecular weight is 443 g/mol. The summed E-state index contributed by atoms with van der Waals surface area (Å²) in [5, 5.41) is 2.95. The number of esters is 2. The summed E-state index contributed by atoms with van der Waals surface area (Å²) < 4.78 is 33.2. The molecule has 0 aromatic heterocycles. The molecule has 1 aromatic rings. The molecule has 0 fully saturated rings. The third-order valence-electron chi connectivity index (χ3n) is 4.12. The second-order valence-electron chi connectivity index (χ2n) is 7.55. The number of ether oxygens (including phenoxy) is 3. The fraction of sp³-hybridized carbons (Fsp3) is 0.550. The van der Waals surface area contributed by atoms with Crippen molar-refractivity contribution in [3.63, 3.8) is 0 Å². The van der Waals surface area contributed by atoms with E-state index in [1.165, 1.54) is 21.3 Å². The molecule has 2 atom stereocenters. The van der Waals surface area contributed by atoms with Gasteiger partial charge in [-0.25, -0.2) is 4.79 Å². The van der Waals surface area contributed by atoms with Gasteiger partial charge in [0.15, 0.2) is 0 Å². The van der Waals surface area contributed by atoms with Crippen LogP contribution >= 0.6 is 7.37 Å². The smallest absolute Gasteiger partial charge is 0.412 e. The molecular formula is C20H30NO8P. The van der Waals surface area contributed by atoms with Gasteiger partial charge < -0.3 is 18.7 Å². The highest BCUT2D eigenvalue weighted by molar-refractivity contribution is 7.67. The van der Waals surface area contributed by atoms with Crippen LogP contribution in [-0.2, 0) is 32.9 Å². The van der Waals surface area contributed by atoms with Crippen LogP contribution < -0.4 is 10.6 Å². The lowest BCUT2D eigenvalue weighted by atomic mass is 10.1. The molecule has 0 aliphatic rings. The zero-order valence-corrected chi connectivity index (χ0v) is 19.1. The van der Waals surface area contributed by atoms with Crippen molar-refractivity contribution in [3.8, 4) is 0 Å². The normalized spacial score (nSPS) is 14.2. The molecule has 0 radical (unpaired) electrons.